The van der Waals surface area contributed by atoms with E-state index < -0.39 is 6.10 Å². The monoisotopic (exact) mass is 234 g/mol. The standard InChI is InChI=1S/C14H18O3/c15-13-8-4-7-12(13)14(16)10-17-9-11-5-2-1-3-6-11/h1-3,5-6,12,14,16H,4,7-10H2/t12-,14-/m0/s1. The number of Topliss-reactive ketones (excluding diaryl/α,β-unsaturated/α-hetero) is 1. The molecule has 17 heavy (non-hydrogen) atoms. The van der Waals surface area contributed by atoms with Gasteiger partial charge in [-0.25, -0.2) is 0 Å². The number of ketones is 1. The normalized spacial score (nSPS) is 21.7. The van der Waals surface area contributed by atoms with E-state index in [0.29, 0.717) is 13.0 Å². The van der Waals surface area contributed by atoms with E-state index in [0.717, 1.165) is 18.4 Å². The van der Waals surface area contributed by atoms with Crippen molar-refractivity contribution in [2.75, 3.05) is 6.61 Å². The smallest absolute Gasteiger partial charge is 0.138 e. The SMILES string of the molecule is O=C1CCC[C@@H]1[C@@H](O)COCc1ccccc1. The first-order valence-corrected chi connectivity index (χ1v) is 6.10. The fraction of sp³-hybridized carbons (Fsp3) is 0.500. The molecule has 1 aromatic rings. The van der Waals surface area contributed by atoms with E-state index in [1.165, 1.54) is 0 Å². The molecule has 0 bridgehead atoms. The minimum absolute atomic E-state index is 0.181. The average Bonchev–Trinajstić information content (AvgIpc) is 2.77. The van der Waals surface area contributed by atoms with Gasteiger partial charge in [0.25, 0.3) is 0 Å². The van der Waals surface area contributed by atoms with Crippen molar-refractivity contribution in [3.63, 3.8) is 0 Å². The molecule has 0 unspecified atom stereocenters. The molecular formula is C14H18O3. The number of hydrogen-bond acceptors (Lipinski definition) is 3. The third-order valence-corrected chi connectivity index (χ3v) is 3.22. The van der Waals surface area contributed by atoms with Crippen LogP contribution in [0.5, 0.6) is 0 Å². The molecule has 0 heterocycles. The highest BCUT2D eigenvalue weighted by molar-refractivity contribution is 5.83. The number of aliphatic hydroxyl groups excluding tert-OH is 1. The third kappa shape index (κ3) is 3.38. The summed E-state index contributed by atoms with van der Waals surface area (Å²) in [4.78, 5) is 11.4. The Kier molecular flexibility index (Phi) is 4.29. The van der Waals surface area contributed by atoms with Gasteiger partial charge in [0.15, 0.2) is 0 Å². The van der Waals surface area contributed by atoms with Crippen LogP contribution in [0, 0.1) is 5.92 Å². The van der Waals surface area contributed by atoms with E-state index >= 15 is 0 Å². The second-order valence-electron chi connectivity index (χ2n) is 4.53. The molecule has 1 aliphatic rings. The lowest BCUT2D eigenvalue weighted by molar-refractivity contribution is -0.125. The highest BCUT2D eigenvalue weighted by Gasteiger charge is 2.30. The molecule has 0 aliphatic heterocycles. The molecule has 92 valence electrons. The summed E-state index contributed by atoms with van der Waals surface area (Å²) in [5, 5.41) is 9.85. The molecule has 0 amide bonds. The first-order chi connectivity index (χ1) is 8.27. The predicted octanol–water partition coefficient (Wildman–Crippen LogP) is 1.93. The van der Waals surface area contributed by atoms with Crippen LogP contribution in [-0.2, 0) is 16.1 Å². The Hall–Kier alpha value is -1.19. The fourth-order valence-corrected chi connectivity index (χ4v) is 2.24. The van der Waals surface area contributed by atoms with Gasteiger partial charge < -0.3 is 9.84 Å². The van der Waals surface area contributed by atoms with Gasteiger partial charge in [0.1, 0.15) is 5.78 Å². The van der Waals surface area contributed by atoms with E-state index in [2.05, 4.69) is 0 Å². The average molecular weight is 234 g/mol. The van der Waals surface area contributed by atoms with Crippen LogP contribution in [-0.4, -0.2) is 23.6 Å². The molecule has 0 aromatic heterocycles. The zero-order chi connectivity index (χ0) is 12.1. The van der Waals surface area contributed by atoms with Crippen LogP contribution >= 0.6 is 0 Å². The van der Waals surface area contributed by atoms with E-state index in [1.54, 1.807) is 0 Å². The van der Waals surface area contributed by atoms with Crippen LogP contribution in [0.15, 0.2) is 30.3 Å². The first-order valence-electron chi connectivity index (χ1n) is 6.10. The van der Waals surface area contributed by atoms with Gasteiger partial charge >= 0.3 is 0 Å². The highest BCUT2D eigenvalue weighted by Crippen LogP contribution is 2.24. The Morgan fingerprint density at radius 1 is 1.35 bits per heavy atom. The molecule has 1 N–H and O–H groups in total. The molecule has 1 fully saturated rings. The van der Waals surface area contributed by atoms with Gasteiger partial charge in [-0.1, -0.05) is 30.3 Å². The summed E-state index contributed by atoms with van der Waals surface area (Å²) in [6.45, 7) is 0.726. The molecule has 3 nitrogen and oxygen atoms in total. The maximum Gasteiger partial charge on any atom is 0.138 e. The summed E-state index contributed by atoms with van der Waals surface area (Å²) in [7, 11) is 0. The van der Waals surface area contributed by atoms with Crippen molar-refractivity contribution in [3.05, 3.63) is 35.9 Å². The van der Waals surface area contributed by atoms with Crippen LogP contribution in [0.1, 0.15) is 24.8 Å². The number of carbonyl (C=O) groups is 1. The molecule has 3 heteroatoms. The zero-order valence-corrected chi connectivity index (χ0v) is 9.84. The van der Waals surface area contributed by atoms with Gasteiger partial charge in [0, 0.05) is 12.3 Å². The van der Waals surface area contributed by atoms with Crippen LogP contribution in [0.2, 0.25) is 0 Å². The topological polar surface area (TPSA) is 46.5 Å². The number of ether oxygens (including phenoxy) is 1. The van der Waals surface area contributed by atoms with Gasteiger partial charge in [-0.05, 0) is 18.4 Å². The minimum Gasteiger partial charge on any atom is -0.390 e. The Morgan fingerprint density at radius 3 is 2.76 bits per heavy atom. The van der Waals surface area contributed by atoms with Gasteiger partial charge in [0.05, 0.1) is 19.3 Å². The summed E-state index contributed by atoms with van der Waals surface area (Å²) < 4.78 is 5.44. The molecule has 1 aromatic carbocycles. The summed E-state index contributed by atoms with van der Waals surface area (Å²) >= 11 is 0. The Balaban J connectivity index is 1.73. The van der Waals surface area contributed by atoms with Crippen molar-refractivity contribution in [2.24, 2.45) is 5.92 Å². The lowest BCUT2D eigenvalue weighted by Crippen LogP contribution is -2.28. The van der Waals surface area contributed by atoms with Crippen molar-refractivity contribution in [1.82, 2.24) is 0 Å². The molecule has 0 radical (unpaired) electrons. The van der Waals surface area contributed by atoms with Gasteiger partial charge in [-0.2, -0.15) is 0 Å². The number of hydrogen-bond donors (Lipinski definition) is 1. The number of aliphatic hydroxyl groups is 1. The summed E-state index contributed by atoms with van der Waals surface area (Å²) in [5.41, 5.74) is 1.08. The van der Waals surface area contributed by atoms with Gasteiger partial charge in [0.2, 0.25) is 0 Å². The lowest BCUT2D eigenvalue weighted by Gasteiger charge is -2.16. The van der Waals surface area contributed by atoms with E-state index in [9.17, 15) is 9.90 Å². The van der Waals surface area contributed by atoms with Crippen LogP contribution in [0.4, 0.5) is 0 Å². The van der Waals surface area contributed by atoms with Crippen molar-refractivity contribution in [2.45, 2.75) is 32.0 Å². The largest absolute Gasteiger partial charge is 0.390 e. The lowest BCUT2D eigenvalue weighted by atomic mass is 10.0. The summed E-state index contributed by atoms with van der Waals surface area (Å²) in [5.74, 6) is -0.0217. The van der Waals surface area contributed by atoms with E-state index in [1.807, 2.05) is 30.3 Å². The van der Waals surface area contributed by atoms with Gasteiger partial charge in [-0.3, -0.25) is 4.79 Å². The Morgan fingerprint density at radius 2 is 2.12 bits per heavy atom. The summed E-state index contributed by atoms with van der Waals surface area (Å²) in [6.07, 6.45) is 1.67. The Bertz CT molecular complexity index is 361. The maximum absolute atomic E-state index is 11.4. The summed E-state index contributed by atoms with van der Waals surface area (Å²) in [6, 6.07) is 9.82. The quantitative estimate of drug-likeness (QED) is 0.846. The molecule has 2 atom stereocenters. The highest BCUT2D eigenvalue weighted by atomic mass is 16.5. The molecule has 1 saturated carbocycles. The second kappa shape index (κ2) is 5.94. The van der Waals surface area contributed by atoms with Crippen molar-refractivity contribution < 1.29 is 14.6 Å². The number of carbonyl (C=O) groups excluding carboxylic acids is 1. The molecular weight excluding hydrogens is 216 g/mol. The van der Waals surface area contributed by atoms with Crippen LogP contribution < -0.4 is 0 Å². The van der Waals surface area contributed by atoms with Crippen molar-refractivity contribution in [1.29, 1.82) is 0 Å². The van der Waals surface area contributed by atoms with Crippen LogP contribution in [0.3, 0.4) is 0 Å². The predicted molar refractivity (Wildman–Crippen MR) is 64.5 cm³/mol. The van der Waals surface area contributed by atoms with Crippen LogP contribution in [0.25, 0.3) is 0 Å². The number of rotatable bonds is 5. The minimum atomic E-state index is -0.645. The number of benzene rings is 1. The van der Waals surface area contributed by atoms with Crippen molar-refractivity contribution >= 4 is 5.78 Å². The van der Waals surface area contributed by atoms with E-state index in [-0.39, 0.29) is 18.3 Å². The van der Waals surface area contributed by atoms with Gasteiger partial charge in [-0.15, -0.1) is 0 Å². The van der Waals surface area contributed by atoms with Crippen molar-refractivity contribution in [3.8, 4) is 0 Å². The third-order valence-electron chi connectivity index (χ3n) is 3.22. The second-order valence-corrected chi connectivity index (χ2v) is 4.53. The first kappa shape index (κ1) is 12.3. The molecule has 2 rings (SSSR count). The molecule has 1 aliphatic carbocycles. The fourth-order valence-electron chi connectivity index (χ4n) is 2.24. The Labute approximate surface area is 101 Å². The maximum atomic E-state index is 11.4. The molecule has 0 spiro atoms. The zero-order valence-electron chi connectivity index (χ0n) is 9.84. The molecule has 0 saturated heterocycles. The van der Waals surface area contributed by atoms with E-state index in [4.69, 9.17) is 4.74 Å².